The molecule has 0 bridgehead atoms. The minimum Gasteiger partial charge on any atom is -0.397 e. The van der Waals surface area contributed by atoms with E-state index < -0.39 is 5.95 Å². The van der Waals surface area contributed by atoms with Gasteiger partial charge in [-0.3, -0.25) is 9.78 Å². The lowest BCUT2D eigenvalue weighted by atomic mass is 10.1. The van der Waals surface area contributed by atoms with Gasteiger partial charge in [0.15, 0.2) is 0 Å². The van der Waals surface area contributed by atoms with Crippen LogP contribution in [0.5, 0.6) is 0 Å². The molecule has 2 aromatic heterocycles. The molecule has 0 atom stereocenters. The number of carbonyl (C=O) groups excluding carboxylic acids is 1. The van der Waals surface area contributed by atoms with Crippen LogP contribution in [-0.4, -0.2) is 30.0 Å². The fourth-order valence-electron chi connectivity index (χ4n) is 2.40. The number of benzene rings is 1. The molecule has 6 nitrogen and oxygen atoms in total. The summed E-state index contributed by atoms with van der Waals surface area (Å²) in [5, 5.41) is 2.77. The summed E-state index contributed by atoms with van der Waals surface area (Å²) < 4.78 is 13.0. The van der Waals surface area contributed by atoms with E-state index in [1.165, 1.54) is 12.3 Å². The van der Waals surface area contributed by atoms with Gasteiger partial charge in [-0.25, -0.2) is 4.98 Å². The van der Waals surface area contributed by atoms with Crippen molar-refractivity contribution < 1.29 is 9.18 Å². The van der Waals surface area contributed by atoms with Crippen molar-refractivity contribution in [2.75, 3.05) is 30.0 Å². The third-order valence-corrected chi connectivity index (χ3v) is 3.85. The number of pyridine rings is 2. The molecule has 3 N–H and O–H groups in total. The highest BCUT2D eigenvalue weighted by Gasteiger charge is 2.12. The number of amides is 1. The molecule has 0 fully saturated rings. The van der Waals surface area contributed by atoms with Crippen LogP contribution in [-0.2, 0) is 0 Å². The molecule has 2 heterocycles. The molecule has 1 aromatic carbocycles. The number of aromatic nitrogens is 2. The van der Waals surface area contributed by atoms with Crippen molar-refractivity contribution in [3.63, 3.8) is 0 Å². The van der Waals surface area contributed by atoms with Crippen LogP contribution in [0.1, 0.15) is 10.5 Å². The number of anilines is 3. The van der Waals surface area contributed by atoms with E-state index in [0.717, 1.165) is 16.8 Å². The van der Waals surface area contributed by atoms with Crippen molar-refractivity contribution in [1.82, 2.24) is 9.97 Å². The van der Waals surface area contributed by atoms with Gasteiger partial charge in [-0.05, 0) is 42.0 Å². The number of nitrogens with one attached hydrogen (secondary N) is 1. The fraction of sp³-hybridized carbons (Fsp3) is 0.105. The normalized spacial score (nSPS) is 10.4. The Balaban J connectivity index is 1.87. The Morgan fingerprint density at radius 2 is 1.85 bits per heavy atom. The first-order chi connectivity index (χ1) is 12.4. The van der Waals surface area contributed by atoms with E-state index >= 15 is 0 Å². The lowest BCUT2D eigenvalue weighted by molar-refractivity contribution is 0.102. The Hall–Kier alpha value is -3.48. The lowest BCUT2D eigenvalue weighted by Crippen LogP contribution is -2.16. The number of hydrogen-bond acceptors (Lipinski definition) is 5. The second-order valence-corrected chi connectivity index (χ2v) is 5.92. The van der Waals surface area contributed by atoms with Gasteiger partial charge in [-0.2, -0.15) is 4.39 Å². The van der Waals surface area contributed by atoms with E-state index in [0.29, 0.717) is 11.4 Å². The molecule has 7 heteroatoms. The third kappa shape index (κ3) is 3.77. The predicted molar refractivity (Wildman–Crippen MR) is 101 cm³/mol. The van der Waals surface area contributed by atoms with Gasteiger partial charge in [0.05, 0.1) is 11.4 Å². The molecular weight excluding hydrogens is 333 g/mol. The number of hydrogen-bond donors (Lipinski definition) is 2. The Bertz CT molecular complexity index is 941. The van der Waals surface area contributed by atoms with Gasteiger partial charge >= 0.3 is 0 Å². The summed E-state index contributed by atoms with van der Waals surface area (Å²) >= 11 is 0. The molecule has 0 saturated heterocycles. The maximum atomic E-state index is 13.0. The Morgan fingerprint density at radius 1 is 1.08 bits per heavy atom. The molecule has 132 valence electrons. The van der Waals surface area contributed by atoms with Crippen LogP contribution in [0, 0.1) is 5.95 Å². The SMILES string of the molecule is CN(C)c1ccnc(C(=O)Nc2cc(-c3ccc(F)nc3)ccc2N)c1. The number of rotatable bonds is 4. The van der Waals surface area contributed by atoms with Crippen molar-refractivity contribution >= 4 is 23.0 Å². The standard InChI is InChI=1S/C19H18FN5O/c1-25(2)14-7-8-22-17(10-14)19(26)24-16-9-12(3-5-15(16)21)13-4-6-18(20)23-11-13/h3-11H,21H2,1-2H3,(H,24,26). The molecule has 0 spiro atoms. The second kappa shape index (κ2) is 7.18. The second-order valence-electron chi connectivity index (χ2n) is 5.92. The van der Waals surface area contributed by atoms with Crippen molar-refractivity contribution in [1.29, 1.82) is 0 Å². The summed E-state index contributed by atoms with van der Waals surface area (Å²) in [5.41, 5.74) is 9.47. The van der Waals surface area contributed by atoms with Gasteiger partial charge in [0.25, 0.3) is 5.91 Å². The summed E-state index contributed by atoms with van der Waals surface area (Å²) in [6.45, 7) is 0. The highest BCUT2D eigenvalue weighted by Crippen LogP contribution is 2.27. The van der Waals surface area contributed by atoms with Gasteiger partial charge in [-0.1, -0.05) is 6.07 Å². The lowest BCUT2D eigenvalue weighted by Gasteiger charge is -2.14. The molecule has 1 amide bonds. The van der Waals surface area contributed by atoms with Gasteiger partial charge in [-0.15, -0.1) is 0 Å². The minimum atomic E-state index is -0.551. The summed E-state index contributed by atoms with van der Waals surface area (Å²) in [5.74, 6) is -0.917. The van der Waals surface area contributed by atoms with Crippen molar-refractivity contribution in [3.8, 4) is 11.1 Å². The molecule has 0 unspecified atom stereocenters. The molecule has 0 saturated carbocycles. The van der Waals surface area contributed by atoms with E-state index in [-0.39, 0.29) is 11.6 Å². The van der Waals surface area contributed by atoms with Crippen LogP contribution in [0.3, 0.4) is 0 Å². The Labute approximate surface area is 150 Å². The average molecular weight is 351 g/mol. The largest absolute Gasteiger partial charge is 0.397 e. The average Bonchev–Trinajstić information content (AvgIpc) is 2.64. The van der Waals surface area contributed by atoms with Gasteiger partial charge in [0.1, 0.15) is 5.69 Å². The van der Waals surface area contributed by atoms with Gasteiger partial charge in [0, 0.05) is 37.7 Å². The Kier molecular flexibility index (Phi) is 4.79. The zero-order valence-corrected chi connectivity index (χ0v) is 14.4. The smallest absolute Gasteiger partial charge is 0.274 e. The van der Waals surface area contributed by atoms with Crippen molar-refractivity contribution in [3.05, 3.63) is 66.5 Å². The first-order valence-electron chi connectivity index (χ1n) is 7.90. The van der Waals surface area contributed by atoms with E-state index in [4.69, 9.17) is 5.73 Å². The molecule has 3 aromatic rings. The minimum absolute atomic E-state index is 0.282. The molecule has 0 radical (unpaired) electrons. The predicted octanol–water partition coefficient (Wildman–Crippen LogP) is 3.18. The maximum Gasteiger partial charge on any atom is 0.274 e. The number of nitrogens with zero attached hydrogens (tertiary/aromatic N) is 3. The van der Waals surface area contributed by atoms with Crippen LogP contribution >= 0.6 is 0 Å². The molecule has 0 aliphatic rings. The number of nitrogen functional groups attached to an aromatic ring is 1. The van der Waals surface area contributed by atoms with Crippen molar-refractivity contribution in [2.24, 2.45) is 0 Å². The summed E-state index contributed by atoms with van der Waals surface area (Å²) in [4.78, 5) is 22.2. The molecular formula is C19H18FN5O. The van der Waals surface area contributed by atoms with E-state index in [9.17, 15) is 9.18 Å². The number of nitrogens with two attached hydrogens (primary N) is 1. The zero-order valence-electron chi connectivity index (χ0n) is 14.4. The van der Waals surface area contributed by atoms with E-state index in [1.807, 2.05) is 25.1 Å². The summed E-state index contributed by atoms with van der Waals surface area (Å²) in [6, 6.07) is 11.6. The number of carbonyl (C=O) groups is 1. The molecule has 0 aliphatic carbocycles. The summed E-state index contributed by atoms with van der Waals surface area (Å²) in [7, 11) is 3.77. The number of halogens is 1. The van der Waals surface area contributed by atoms with E-state index in [2.05, 4.69) is 15.3 Å². The van der Waals surface area contributed by atoms with Crippen LogP contribution in [0.25, 0.3) is 11.1 Å². The van der Waals surface area contributed by atoms with E-state index in [1.54, 1.807) is 36.5 Å². The highest BCUT2D eigenvalue weighted by atomic mass is 19.1. The van der Waals surface area contributed by atoms with Crippen LogP contribution in [0.2, 0.25) is 0 Å². The molecule has 0 aliphatic heterocycles. The third-order valence-electron chi connectivity index (χ3n) is 3.85. The van der Waals surface area contributed by atoms with Crippen LogP contribution in [0.4, 0.5) is 21.5 Å². The van der Waals surface area contributed by atoms with Crippen LogP contribution < -0.4 is 16.0 Å². The quantitative estimate of drug-likeness (QED) is 0.557. The molecule has 3 rings (SSSR count). The monoisotopic (exact) mass is 351 g/mol. The zero-order chi connectivity index (χ0) is 18.7. The highest BCUT2D eigenvalue weighted by molar-refractivity contribution is 6.05. The molecule has 26 heavy (non-hydrogen) atoms. The fourth-order valence-corrected chi connectivity index (χ4v) is 2.40. The van der Waals surface area contributed by atoms with Crippen molar-refractivity contribution in [2.45, 2.75) is 0 Å². The first kappa shape index (κ1) is 17.3. The topological polar surface area (TPSA) is 84.1 Å². The Morgan fingerprint density at radius 3 is 2.54 bits per heavy atom. The summed E-state index contributed by atoms with van der Waals surface area (Å²) in [6.07, 6.45) is 3.00. The van der Waals surface area contributed by atoms with Gasteiger partial charge < -0.3 is 16.0 Å². The first-order valence-corrected chi connectivity index (χ1v) is 7.90. The van der Waals surface area contributed by atoms with Gasteiger partial charge in [0.2, 0.25) is 5.95 Å². The van der Waals surface area contributed by atoms with Crippen LogP contribution in [0.15, 0.2) is 54.9 Å². The maximum absolute atomic E-state index is 13.0.